The van der Waals surface area contributed by atoms with Crippen molar-refractivity contribution in [2.45, 2.75) is 61.5 Å². The van der Waals surface area contributed by atoms with Crippen LogP contribution >= 0.6 is 0 Å². The van der Waals surface area contributed by atoms with E-state index in [2.05, 4.69) is 4.98 Å². The number of hydrogen-bond acceptors (Lipinski definition) is 6. The molecule has 1 aromatic carbocycles. The van der Waals surface area contributed by atoms with Crippen LogP contribution < -0.4 is 0 Å². The van der Waals surface area contributed by atoms with Crippen molar-refractivity contribution in [2.75, 3.05) is 13.1 Å². The van der Waals surface area contributed by atoms with Gasteiger partial charge in [0.2, 0.25) is 5.91 Å². The minimum Gasteiger partial charge on any atom is -0.478 e. The predicted octanol–water partition coefficient (Wildman–Crippen LogP) is 3.26. The summed E-state index contributed by atoms with van der Waals surface area (Å²) in [5.74, 6) is -1.36. The van der Waals surface area contributed by atoms with E-state index in [9.17, 15) is 22.8 Å². The maximum atomic E-state index is 13.4. The molecule has 0 unspecified atom stereocenters. The molecule has 1 amide bonds. The lowest BCUT2D eigenvalue weighted by molar-refractivity contribution is -0.129. The molecule has 2 heterocycles. The Morgan fingerprint density at radius 2 is 1.80 bits per heavy atom. The SMILES string of the molecule is CCC(=O)N1CC[C@H](C[C@@H](C(=O)Cc2ccc(C(=O)O)cn2)c2ccc(S(=O)(=O)C3CC3)cc2)C1. The summed E-state index contributed by atoms with van der Waals surface area (Å²) in [5.41, 5.74) is 1.27. The van der Waals surface area contributed by atoms with Gasteiger partial charge in [-0.15, -0.1) is 0 Å². The quantitative estimate of drug-likeness (QED) is 0.533. The zero-order chi connectivity index (χ0) is 25.2. The molecule has 9 heteroatoms. The normalized spacial score (nSPS) is 18.9. The van der Waals surface area contributed by atoms with Crippen molar-refractivity contribution in [3.05, 3.63) is 59.4 Å². The van der Waals surface area contributed by atoms with E-state index in [-0.39, 0.29) is 39.7 Å². The van der Waals surface area contributed by atoms with Gasteiger partial charge in [-0.05, 0) is 61.4 Å². The third-order valence-electron chi connectivity index (χ3n) is 6.90. The van der Waals surface area contributed by atoms with Gasteiger partial charge in [-0.25, -0.2) is 13.2 Å². The first-order chi connectivity index (χ1) is 16.7. The van der Waals surface area contributed by atoms with Crippen LogP contribution in [0.25, 0.3) is 0 Å². The largest absolute Gasteiger partial charge is 0.478 e. The molecular formula is C26H30N2O6S. The molecule has 4 rings (SSSR count). The number of ketones is 1. The van der Waals surface area contributed by atoms with Crippen molar-refractivity contribution in [3.8, 4) is 0 Å². The first kappa shape index (κ1) is 25.0. The van der Waals surface area contributed by atoms with E-state index in [1.807, 2.05) is 11.8 Å². The highest BCUT2D eigenvalue weighted by molar-refractivity contribution is 7.92. The van der Waals surface area contributed by atoms with Crippen LogP contribution in [0.5, 0.6) is 0 Å². The molecule has 1 N–H and O–H groups in total. The second kappa shape index (κ2) is 10.3. The van der Waals surface area contributed by atoms with E-state index < -0.39 is 21.7 Å². The molecule has 0 spiro atoms. The summed E-state index contributed by atoms with van der Waals surface area (Å²) in [6, 6.07) is 9.59. The fourth-order valence-corrected chi connectivity index (χ4v) is 6.34. The Labute approximate surface area is 205 Å². The highest BCUT2D eigenvalue weighted by Crippen LogP contribution is 2.35. The summed E-state index contributed by atoms with van der Waals surface area (Å²) < 4.78 is 25.2. The Hall–Kier alpha value is -3.07. The zero-order valence-corrected chi connectivity index (χ0v) is 20.5. The van der Waals surface area contributed by atoms with Crippen molar-refractivity contribution < 1.29 is 27.9 Å². The summed E-state index contributed by atoms with van der Waals surface area (Å²) in [4.78, 5) is 42.9. The molecule has 2 fully saturated rings. The van der Waals surface area contributed by atoms with Gasteiger partial charge in [0.05, 0.1) is 15.7 Å². The molecule has 2 aromatic rings. The Morgan fingerprint density at radius 1 is 1.09 bits per heavy atom. The van der Waals surface area contributed by atoms with Gasteiger partial charge >= 0.3 is 5.97 Å². The van der Waals surface area contributed by atoms with Crippen LogP contribution in [0.2, 0.25) is 0 Å². The smallest absolute Gasteiger partial charge is 0.337 e. The second-order valence-corrected chi connectivity index (χ2v) is 11.7. The van der Waals surface area contributed by atoms with Crippen LogP contribution in [0.3, 0.4) is 0 Å². The Kier molecular flexibility index (Phi) is 7.35. The number of aromatic carboxylic acids is 1. The molecule has 0 bridgehead atoms. The topological polar surface area (TPSA) is 122 Å². The van der Waals surface area contributed by atoms with E-state index in [1.165, 1.54) is 12.3 Å². The van der Waals surface area contributed by atoms with E-state index in [1.54, 1.807) is 30.3 Å². The zero-order valence-electron chi connectivity index (χ0n) is 19.7. The molecule has 1 aromatic heterocycles. The third-order valence-corrected chi connectivity index (χ3v) is 9.18. The van der Waals surface area contributed by atoms with E-state index in [4.69, 9.17) is 5.11 Å². The average molecular weight is 499 g/mol. The summed E-state index contributed by atoms with van der Waals surface area (Å²) in [7, 11) is -3.32. The second-order valence-electron chi connectivity index (χ2n) is 9.44. The lowest BCUT2D eigenvalue weighted by Gasteiger charge is -2.21. The number of likely N-dealkylation sites (tertiary alicyclic amines) is 1. The van der Waals surface area contributed by atoms with Crippen LogP contribution in [0.1, 0.15) is 66.6 Å². The number of amides is 1. The molecule has 1 aliphatic heterocycles. The highest BCUT2D eigenvalue weighted by atomic mass is 32.2. The summed E-state index contributed by atoms with van der Waals surface area (Å²) >= 11 is 0. The van der Waals surface area contributed by atoms with Crippen LogP contribution in [0.4, 0.5) is 0 Å². The maximum absolute atomic E-state index is 13.4. The van der Waals surface area contributed by atoms with Crippen LogP contribution in [-0.4, -0.2) is 59.4 Å². The summed E-state index contributed by atoms with van der Waals surface area (Å²) in [6.07, 6.45) is 4.47. The third kappa shape index (κ3) is 5.78. The fourth-order valence-electron chi connectivity index (χ4n) is 4.68. The van der Waals surface area contributed by atoms with Crippen molar-refractivity contribution in [2.24, 2.45) is 5.92 Å². The Bertz CT molecular complexity index is 1200. The number of nitrogens with zero attached hydrogens (tertiary/aromatic N) is 2. The fraction of sp³-hybridized carbons (Fsp3) is 0.462. The Morgan fingerprint density at radius 3 is 2.37 bits per heavy atom. The molecule has 1 saturated heterocycles. The minimum absolute atomic E-state index is 0.0387. The number of carbonyl (C=O) groups is 3. The van der Waals surface area contributed by atoms with Gasteiger partial charge in [-0.1, -0.05) is 19.1 Å². The number of rotatable bonds is 10. The van der Waals surface area contributed by atoms with Gasteiger partial charge in [0.25, 0.3) is 0 Å². The lowest BCUT2D eigenvalue weighted by Crippen LogP contribution is -2.28. The van der Waals surface area contributed by atoms with Gasteiger partial charge in [0.15, 0.2) is 9.84 Å². The number of hydrogen-bond donors (Lipinski definition) is 1. The van der Waals surface area contributed by atoms with E-state index >= 15 is 0 Å². The van der Waals surface area contributed by atoms with E-state index in [0.717, 1.165) is 12.0 Å². The Balaban J connectivity index is 1.54. The molecule has 186 valence electrons. The minimum atomic E-state index is -3.32. The monoisotopic (exact) mass is 498 g/mol. The number of pyridine rings is 1. The summed E-state index contributed by atoms with van der Waals surface area (Å²) in [6.45, 7) is 3.12. The molecule has 1 saturated carbocycles. The molecule has 35 heavy (non-hydrogen) atoms. The van der Waals surface area contributed by atoms with Crippen LogP contribution in [-0.2, 0) is 25.8 Å². The number of sulfone groups is 1. The van der Waals surface area contributed by atoms with Gasteiger partial charge in [-0.2, -0.15) is 0 Å². The number of benzene rings is 1. The van der Waals surface area contributed by atoms with Gasteiger partial charge < -0.3 is 10.0 Å². The number of Topliss-reactive ketones (excluding diaryl/α,β-unsaturated/α-hetero) is 1. The van der Waals surface area contributed by atoms with Crippen molar-refractivity contribution >= 4 is 27.5 Å². The standard InChI is InChI=1S/C26H30N2O6S/c1-2-25(30)28-12-11-17(16-28)13-23(24(29)14-20-6-3-19(15-27-20)26(31)32)18-4-7-21(8-5-18)35(33,34)22-9-10-22/h3-8,15,17,22-23H,2,9-14,16H2,1H3,(H,31,32)/t17-,23-/m1/s1. The molecular weight excluding hydrogens is 468 g/mol. The molecule has 2 atom stereocenters. The van der Waals surface area contributed by atoms with Gasteiger partial charge in [0.1, 0.15) is 5.78 Å². The van der Waals surface area contributed by atoms with Crippen molar-refractivity contribution in [3.63, 3.8) is 0 Å². The van der Waals surface area contributed by atoms with Crippen LogP contribution in [0.15, 0.2) is 47.5 Å². The summed E-state index contributed by atoms with van der Waals surface area (Å²) in [5, 5.41) is 8.77. The van der Waals surface area contributed by atoms with Crippen LogP contribution in [0, 0.1) is 5.92 Å². The van der Waals surface area contributed by atoms with Crippen molar-refractivity contribution in [1.29, 1.82) is 0 Å². The number of carbonyl (C=O) groups excluding carboxylic acids is 2. The molecule has 0 radical (unpaired) electrons. The van der Waals surface area contributed by atoms with Gasteiger partial charge in [-0.3, -0.25) is 14.6 Å². The first-order valence-corrected chi connectivity index (χ1v) is 13.6. The molecule has 1 aliphatic carbocycles. The average Bonchev–Trinajstić information content (AvgIpc) is 3.62. The lowest BCUT2D eigenvalue weighted by atomic mass is 9.84. The molecule has 8 nitrogen and oxygen atoms in total. The highest BCUT2D eigenvalue weighted by Gasteiger charge is 2.37. The number of aromatic nitrogens is 1. The van der Waals surface area contributed by atoms with Gasteiger partial charge in [0, 0.05) is 43.7 Å². The first-order valence-electron chi connectivity index (χ1n) is 12.0. The number of carboxylic acids is 1. The number of carboxylic acid groups (broad SMARTS) is 1. The predicted molar refractivity (Wildman–Crippen MR) is 129 cm³/mol. The van der Waals surface area contributed by atoms with E-state index in [0.29, 0.717) is 44.5 Å². The van der Waals surface area contributed by atoms with Crippen molar-refractivity contribution in [1.82, 2.24) is 9.88 Å². The maximum Gasteiger partial charge on any atom is 0.337 e. The molecule has 2 aliphatic rings.